The molecule has 0 aromatic carbocycles. The van der Waals surface area contributed by atoms with Gasteiger partial charge in [0.1, 0.15) is 6.54 Å². The summed E-state index contributed by atoms with van der Waals surface area (Å²) < 4.78 is 0. The second-order valence-electron chi connectivity index (χ2n) is 3.90. The number of nitrogens with one attached hydrogen (secondary N) is 2. The Morgan fingerprint density at radius 2 is 2.41 bits per heavy atom. The highest BCUT2D eigenvalue weighted by Crippen LogP contribution is 2.11. The molecule has 1 unspecified atom stereocenters. The summed E-state index contributed by atoms with van der Waals surface area (Å²) in [5.41, 5.74) is 5.35. The molecule has 2 rings (SSSR count). The Hall–Kier alpha value is -1.96. The van der Waals surface area contributed by atoms with Gasteiger partial charge in [0.05, 0.1) is 6.20 Å². The van der Waals surface area contributed by atoms with Crippen LogP contribution in [-0.2, 0) is 4.79 Å². The van der Waals surface area contributed by atoms with Gasteiger partial charge in [0.15, 0.2) is 5.69 Å². The summed E-state index contributed by atoms with van der Waals surface area (Å²) in [6, 6.07) is -0.0216. The maximum Gasteiger partial charge on any atom is 0.276 e. The first kappa shape index (κ1) is 11.5. The summed E-state index contributed by atoms with van der Waals surface area (Å²) in [5.74, 6) is -0.861. The average Bonchev–Trinajstić information content (AvgIpc) is 2.96. The third-order valence-corrected chi connectivity index (χ3v) is 2.70. The lowest BCUT2D eigenvalue weighted by atomic mass is 10.2. The summed E-state index contributed by atoms with van der Waals surface area (Å²) in [4.78, 5) is 24.5. The topological polar surface area (TPSA) is 117 Å². The maximum absolute atomic E-state index is 12.1. The number of aromatic amines is 1. The summed E-state index contributed by atoms with van der Waals surface area (Å²) in [6.45, 7) is 1.39. The molecular formula is C9H14N6O2. The van der Waals surface area contributed by atoms with E-state index in [1.165, 1.54) is 11.1 Å². The lowest BCUT2D eigenvalue weighted by Crippen LogP contribution is -2.46. The average molecular weight is 238 g/mol. The highest BCUT2D eigenvalue weighted by molar-refractivity contribution is 5.94. The third kappa shape index (κ3) is 2.59. The molecule has 0 radical (unpaired) electrons. The minimum absolute atomic E-state index is 0.0216. The second kappa shape index (κ2) is 4.91. The van der Waals surface area contributed by atoms with E-state index in [2.05, 4.69) is 20.7 Å². The van der Waals surface area contributed by atoms with E-state index < -0.39 is 5.91 Å². The van der Waals surface area contributed by atoms with Gasteiger partial charge in [-0.25, -0.2) is 0 Å². The molecule has 0 aliphatic carbocycles. The molecule has 1 atom stereocenters. The van der Waals surface area contributed by atoms with E-state index >= 15 is 0 Å². The van der Waals surface area contributed by atoms with Crippen LogP contribution in [0, 0.1) is 0 Å². The van der Waals surface area contributed by atoms with Crippen molar-refractivity contribution in [2.24, 2.45) is 5.73 Å². The molecular weight excluding hydrogens is 224 g/mol. The van der Waals surface area contributed by atoms with E-state index in [1.54, 1.807) is 0 Å². The van der Waals surface area contributed by atoms with Gasteiger partial charge in [0.2, 0.25) is 5.91 Å². The lowest BCUT2D eigenvalue weighted by Gasteiger charge is -2.26. The highest BCUT2D eigenvalue weighted by Gasteiger charge is 2.29. The molecule has 1 aliphatic rings. The van der Waals surface area contributed by atoms with Crippen LogP contribution in [0.15, 0.2) is 6.20 Å². The van der Waals surface area contributed by atoms with Crippen LogP contribution < -0.4 is 11.1 Å². The Kier molecular flexibility index (Phi) is 3.33. The molecule has 1 aromatic rings. The van der Waals surface area contributed by atoms with Gasteiger partial charge >= 0.3 is 0 Å². The summed E-state index contributed by atoms with van der Waals surface area (Å²) in [5, 5.41) is 12.8. The van der Waals surface area contributed by atoms with Gasteiger partial charge in [-0.1, -0.05) is 0 Å². The first-order chi connectivity index (χ1) is 8.18. The Labute approximate surface area is 97.5 Å². The zero-order chi connectivity index (χ0) is 12.3. The number of amides is 2. The first-order valence-electron chi connectivity index (χ1n) is 5.34. The number of carbonyl (C=O) groups is 2. The van der Waals surface area contributed by atoms with Crippen molar-refractivity contribution in [2.75, 3.05) is 19.6 Å². The van der Waals surface area contributed by atoms with Crippen molar-refractivity contribution in [3.05, 3.63) is 11.9 Å². The molecule has 0 bridgehead atoms. The van der Waals surface area contributed by atoms with Crippen molar-refractivity contribution in [1.82, 2.24) is 25.6 Å². The van der Waals surface area contributed by atoms with E-state index in [1.807, 2.05) is 0 Å². The van der Waals surface area contributed by atoms with E-state index in [0.29, 0.717) is 6.54 Å². The largest absolute Gasteiger partial charge is 0.368 e. The van der Waals surface area contributed by atoms with Crippen LogP contribution in [0.5, 0.6) is 0 Å². The van der Waals surface area contributed by atoms with Crippen molar-refractivity contribution in [1.29, 1.82) is 0 Å². The molecule has 4 N–H and O–H groups in total. The highest BCUT2D eigenvalue weighted by atomic mass is 16.2. The Morgan fingerprint density at radius 3 is 2.94 bits per heavy atom. The van der Waals surface area contributed by atoms with E-state index in [4.69, 9.17) is 5.73 Å². The van der Waals surface area contributed by atoms with Crippen molar-refractivity contribution >= 4 is 11.8 Å². The fourth-order valence-electron chi connectivity index (χ4n) is 1.89. The van der Waals surface area contributed by atoms with Crippen molar-refractivity contribution in [2.45, 2.75) is 12.5 Å². The van der Waals surface area contributed by atoms with Crippen LogP contribution in [0.4, 0.5) is 0 Å². The molecule has 0 saturated carbocycles. The number of H-pyrrole nitrogens is 1. The van der Waals surface area contributed by atoms with Crippen molar-refractivity contribution in [3.63, 3.8) is 0 Å². The fraction of sp³-hybridized carbons (Fsp3) is 0.556. The minimum Gasteiger partial charge on any atom is -0.368 e. The normalized spacial score (nSPS) is 19.2. The monoisotopic (exact) mass is 238 g/mol. The van der Waals surface area contributed by atoms with Crippen molar-refractivity contribution in [3.8, 4) is 0 Å². The third-order valence-electron chi connectivity index (χ3n) is 2.70. The number of carbonyl (C=O) groups excluding carboxylic acids is 2. The maximum atomic E-state index is 12.1. The van der Waals surface area contributed by atoms with E-state index in [-0.39, 0.29) is 24.2 Å². The second-order valence-corrected chi connectivity index (χ2v) is 3.90. The molecule has 1 saturated heterocycles. The fourth-order valence-corrected chi connectivity index (χ4v) is 1.89. The van der Waals surface area contributed by atoms with Crippen LogP contribution >= 0.6 is 0 Å². The van der Waals surface area contributed by atoms with Crippen LogP contribution in [0.25, 0.3) is 0 Å². The number of hydrogen-bond donors (Lipinski definition) is 3. The lowest BCUT2D eigenvalue weighted by molar-refractivity contribution is -0.119. The van der Waals surface area contributed by atoms with Crippen LogP contribution in [0.2, 0.25) is 0 Å². The van der Waals surface area contributed by atoms with E-state index in [9.17, 15) is 9.59 Å². The number of hydrogen-bond acceptors (Lipinski definition) is 5. The first-order valence-corrected chi connectivity index (χ1v) is 5.34. The molecule has 0 spiro atoms. The number of rotatable bonds is 4. The molecule has 8 heteroatoms. The summed E-state index contributed by atoms with van der Waals surface area (Å²) in [7, 11) is 0. The van der Waals surface area contributed by atoms with Crippen molar-refractivity contribution < 1.29 is 9.59 Å². The predicted octanol–water partition coefficient (Wildman–Crippen LogP) is -1.91. The SMILES string of the molecule is NC(=O)CN(C(=O)c1cn[nH]n1)C1CCNC1. The van der Waals surface area contributed by atoms with Gasteiger partial charge in [-0.3, -0.25) is 9.59 Å². The molecule has 2 amide bonds. The molecule has 92 valence electrons. The molecule has 2 heterocycles. The van der Waals surface area contributed by atoms with Gasteiger partial charge in [-0.2, -0.15) is 15.4 Å². The van der Waals surface area contributed by atoms with Gasteiger partial charge in [-0.15, -0.1) is 0 Å². The molecule has 1 fully saturated rings. The minimum atomic E-state index is -0.534. The Bertz CT molecular complexity index is 398. The number of nitrogens with zero attached hydrogens (tertiary/aromatic N) is 3. The Morgan fingerprint density at radius 1 is 1.59 bits per heavy atom. The van der Waals surface area contributed by atoms with Crippen LogP contribution in [-0.4, -0.2) is 57.8 Å². The van der Waals surface area contributed by atoms with Gasteiger partial charge in [0.25, 0.3) is 5.91 Å². The molecule has 1 aromatic heterocycles. The predicted molar refractivity (Wildman–Crippen MR) is 57.9 cm³/mol. The zero-order valence-electron chi connectivity index (χ0n) is 9.22. The number of primary amides is 1. The Balaban J connectivity index is 2.14. The van der Waals surface area contributed by atoms with Gasteiger partial charge < -0.3 is 16.0 Å². The number of nitrogens with two attached hydrogens (primary N) is 1. The summed E-state index contributed by atoms with van der Waals surface area (Å²) >= 11 is 0. The zero-order valence-corrected chi connectivity index (χ0v) is 9.22. The molecule has 17 heavy (non-hydrogen) atoms. The standard InChI is InChI=1S/C9H14N6O2/c10-8(16)5-15(6-1-2-11-3-6)9(17)7-4-12-14-13-7/h4,6,11H,1-3,5H2,(H2,10,16)(H,12,13,14). The number of aromatic nitrogens is 3. The molecule has 1 aliphatic heterocycles. The quantitative estimate of drug-likeness (QED) is 0.566. The van der Waals surface area contributed by atoms with Gasteiger partial charge in [0, 0.05) is 12.6 Å². The van der Waals surface area contributed by atoms with Crippen LogP contribution in [0.3, 0.4) is 0 Å². The van der Waals surface area contributed by atoms with Crippen LogP contribution in [0.1, 0.15) is 16.9 Å². The molecule has 8 nitrogen and oxygen atoms in total. The smallest absolute Gasteiger partial charge is 0.276 e. The summed E-state index contributed by atoms with van der Waals surface area (Å²) in [6.07, 6.45) is 2.13. The van der Waals surface area contributed by atoms with E-state index in [0.717, 1.165) is 13.0 Å². The van der Waals surface area contributed by atoms with Gasteiger partial charge in [-0.05, 0) is 13.0 Å².